The SMILES string of the molecule is CCBr.CCO.Cc1cc(C)c2ccccc2n1.Cc1cc(C)c2ccccc2n1.Cc1cc(NN)nc2ccccc12.N=N.Nc1ccccc1.O=C(O)CC(=O)O.[CH3-].[CH3-].[CH3-].[HH].[Y].[Y].[Y]. The molecule has 0 unspecified atom stereocenters. The summed E-state index contributed by atoms with van der Waals surface area (Å²) in [5.41, 5.74) is 27.8. The molecule has 3 heterocycles. The summed E-state index contributed by atoms with van der Waals surface area (Å²) in [6, 6.07) is 40.1. The zero-order valence-electron chi connectivity index (χ0n) is 39.4. The third kappa shape index (κ3) is 33.1. The van der Waals surface area contributed by atoms with E-state index in [1.54, 1.807) is 6.92 Å². The van der Waals surface area contributed by atoms with Crippen molar-refractivity contribution in [3.8, 4) is 0 Å². The van der Waals surface area contributed by atoms with Gasteiger partial charge in [-0.2, -0.15) is 0 Å². The average molecular weight is 1180 g/mol. The average Bonchev–Trinajstić information content (AvgIpc) is 3.20. The predicted molar refractivity (Wildman–Crippen MR) is 266 cm³/mol. The second kappa shape index (κ2) is 46.1. The summed E-state index contributed by atoms with van der Waals surface area (Å²) in [6.07, 6.45) is -0.806. The number of aliphatic hydroxyl groups excluding tert-OH is 1. The van der Waals surface area contributed by atoms with Gasteiger partial charge in [0.05, 0.1) is 16.6 Å². The number of aromatic nitrogens is 3. The molecule has 7 aromatic rings. The number of aliphatic carboxylic acids is 2. The van der Waals surface area contributed by atoms with Crippen molar-refractivity contribution in [3.63, 3.8) is 0 Å². The minimum absolute atomic E-state index is 0. The normalized spacial score (nSPS) is 8.34. The molecule has 0 amide bonds. The second-order valence-electron chi connectivity index (χ2n) is 12.1. The van der Waals surface area contributed by atoms with Crippen LogP contribution in [0.3, 0.4) is 0 Å². The van der Waals surface area contributed by atoms with E-state index in [9.17, 15) is 9.59 Å². The molecule has 0 saturated heterocycles. The number of nitrogen functional groups attached to an aromatic ring is 2. The molecular formula is C48H68BrN8O5Y3-3. The molecule has 0 fully saturated rings. The second-order valence-corrected chi connectivity index (χ2v) is 13.3. The molecule has 0 saturated carbocycles. The molecule has 10 N–H and O–H groups in total. The number of para-hydroxylation sites is 4. The van der Waals surface area contributed by atoms with E-state index < -0.39 is 18.4 Å². The topological polar surface area (TPSA) is 245 Å². The van der Waals surface area contributed by atoms with E-state index in [1.165, 1.54) is 32.8 Å². The quantitative estimate of drug-likeness (QED) is 0.0157. The number of fused-ring (bicyclic) bond motifs is 3. The molecule has 4 aromatic carbocycles. The van der Waals surface area contributed by atoms with Crippen molar-refractivity contribution in [2.75, 3.05) is 23.1 Å². The minimum atomic E-state index is -1.31. The van der Waals surface area contributed by atoms with Gasteiger partial charge in [0.25, 0.3) is 0 Å². The summed E-state index contributed by atoms with van der Waals surface area (Å²) in [4.78, 5) is 32.0. The molecule has 0 aliphatic heterocycles. The zero-order valence-corrected chi connectivity index (χ0v) is 49.5. The number of nitrogens with zero attached hydrogens (tertiary/aromatic N) is 3. The van der Waals surface area contributed by atoms with Crippen LogP contribution in [0.5, 0.6) is 0 Å². The van der Waals surface area contributed by atoms with Crippen LogP contribution < -0.4 is 17.0 Å². The Morgan fingerprint density at radius 1 is 0.600 bits per heavy atom. The Hall–Kier alpha value is -3.04. The number of anilines is 2. The number of carboxylic acid groups (broad SMARTS) is 2. The number of nitrogens with one attached hydrogen (secondary N) is 3. The first-order valence-corrected chi connectivity index (χ1v) is 19.5. The largest absolute Gasteiger partial charge is 0.481 e. The van der Waals surface area contributed by atoms with Crippen molar-refractivity contribution in [1.29, 1.82) is 11.1 Å². The van der Waals surface area contributed by atoms with E-state index in [2.05, 4.69) is 92.6 Å². The van der Waals surface area contributed by atoms with Crippen LogP contribution in [0.2, 0.25) is 0 Å². The molecule has 0 spiro atoms. The summed E-state index contributed by atoms with van der Waals surface area (Å²) < 4.78 is 0. The Labute approximate surface area is 472 Å². The van der Waals surface area contributed by atoms with Crippen molar-refractivity contribution in [2.45, 2.75) is 54.9 Å². The van der Waals surface area contributed by atoms with E-state index in [0.29, 0.717) is 5.82 Å². The Kier molecular flexibility index (Phi) is 54.0. The van der Waals surface area contributed by atoms with Crippen molar-refractivity contribution in [3.05, 3.63) is 172 Å². The van der Waals surface area contributed by atoms with Gasteiger partial charge in [0.15, 0.2) is 0 Å². The molecule has 0 atom stereocenters. The van der Waals surface area contributed by atoms with Crippen LogP contribution in [0.4, 0.5) is 11.5 Å². The van der Waals surface area contributed by atoms with Crippen LogP contribution in [0.1, 0.15) is 49.8 Å². The standard InChI is InChI=1S/2C11H11N.C10H11N3.C6H7N.C3H4O4.C2H5Br.C2H6O.3CH3.H2N2.3Y.H2/c2*1-8-7-9(2)12-11-6-4-3-5-10(8)11;1-7-6-10(13-11)12-9-5-3-2-4-8(7)9;7-6-4-2-1-3-5-6;4-2(5)1-3(6)7;2*1-2-3;;;;1-2;;;;/h2*3-7H,1-2H3;2-6H,11H2,1H3,(H,12,13);1-5H,7H2;1H2,(H,4,5)(H,6,7);2H2,1H3;3H,2H2,1H3;3*1H3;1-2H;;;;1H/q;;;;;;;3*-1;;;;;. The molecule has 17 heteroatoms. The maximum Gasteiger partial charge on any atom is 0.314 e. The van der Waals surface area contributed by atoms with E-state index in [1.807, 2.05) is 107 Å². The van der Waals surface area contributed by atoms with Crippen LogP contribution in [-0.4, -0.2) is 54.1 Å². The van der Waals surface area contributed by atoms with Gasteiger partial charge in [-0.15, -0.1) is 0 Å². The number of benzene rings is 4. The predicted octanol–water partition coefficient (Wildman–Crippen LogP) is 11.9. The molecular weight excluding hydrogens is 1120 g/mol. The number of rotatable bonds is 3. The van der Waals surface area contributed by atoms with Crippen LogP contribution in [0.25, 0.3) is 32.7 Å². The fourth-order valence-electron chi connectivity index (χ4n) is 5.04. The number of halogens is 1. The van der Waals surface area contributed by atoms with Crippen LogP contribution in [0.15, 0.2) is 121 Å². The molecule has 0 aliphatic rings. The number of hydrogen-bond donors (Lipinski definition) is 8. The van der Waals surface area contributed by atoms with E-state index >= 15 is 0 Å². The summed E-state index contributed by atoms with van der Waals surface area (Å²) >= 11 is 3.15. The number of pyridine rings is 3. The van der Waals surface area contributed by atoms with E-state index in [-0.39, 0.29) is 128 Å². The first kappa shape index (κ1) is 76.2. The number of hydrazine groups is 1. The maximum absolute atomic E-state index is 9.43. The Bertz CT molecular complexity index is 2210. The molecule has 0 bridgehead atoms. The van der Waals surface area contributed by atoms with Crippen LogP contribution in [0, 0.1) is 68.0 Å². The first-order chi connectivity index (χ1) is 28.2. The monoisotopic (exact) mass is 1180 g/mol. The van der Waals surface area contributed by atoms with Crippen LogP contribution >= 0.6 is 15.9 Å². The summed E-state index contributed by atoms with van der Waals surface area (Å²) in [7, 11) is 0. The number of aryl methyl sites for hydroxylation is 5. The summed E-state index contributed by atoms with van der Waals surface area (Å²) in [5.74, 6) is 3.38. The molecule has 13 nitrogen and oxygen atoms in total. The fraction of sp³-hybridized carbons (Fsp3) is 0.208. The third-order valence-corrected chi connectivity index (χ3v) is 7.28. The van der Waals surface area contributed by atoms with Gasteiger partial charge in [0, 0.05) is 145 Å². The number of carbonyl (C=O) groups is 2. The smallest absolute Gasteiger partial charge is 0.314 e. The van der Waals surface area contributed by atoms with E-state index in [0.717, 1.165) is 39.0 Å². The Morgan fingerprint density at radius 3 is 1.14 bits per heavy atom. The molecule has 3 radical (unpaired) electrons. The first-order valence-electron chi connectivity index (χ1n) is 18.4. The number of alkyl halides is 1. The van der Waals surface area contributed by atoms with Crippen molar-refractivity contribution < 1.29 is 124 Å². The molecule has 0 aliphatic carbocycles. The van der Waals surface area contributed by atoms with Gasteiger partial charge in [-0.05, 0) is 107 Å². The summed E-state index contributed by atoms with van der Waals surface area (Å²) in [5, 5.41) is 27.7. The van der Waals surface area contributed by atoms with Crippen molar-refractivity contribution in [1.82, 2.24) is 15.0 Å². The Morgan fingerprint density at radius 2 is 0.877 bits per heavy atom. The molecule has 7 rings (SSSR count). The van der Waals surface area contributed by atoms with E-state index in [4.69, 9.17) is 38.0 Å². The number of carboxylic acids is 2. The van der Waals surface area contributed by atoms with Gasteiger partial charge in [0.2, 0.25) is 0 Å². The van der Waals surface area contributed by atoms with Gasteiger partial charge in [-0.1, -0.05) is 95.7 Å². The number of hydrogen-bond acceptors (Lipinski definition) is 11. The van der Waals surface area contributed by atoms with Gasteiger partial charge >= 0.3 is 11.9 Å². The molecule has 349 valence electrons. The number of nitrogens with two attached hydrogens (primary N) is 2. The maximum atomic E-state index is 9.43. The van der Waals surface area contributed by atoms with Gasteiger partial charge in [-0.25, -0.2) is 21.9 Å². The van der Waals surface area contributed by atoms with Gasteiger partial charge in [0.1, 0.15) is 12.2 Å². The summed E-state index contributed by atoms with van der Waals surface area (Å²) in [6.45, 7) is 14.3. The fourth-order valence-corrected chi connectivity index (χ4v) is 5.04. The molecule has 3 aromatic heterocycles. The van der Waals surface area contributed by atoms with Gasteiger partial charge < -0.3 is 48.8 Å². The third-order valence-electron chi connectivity index (χ3n) is 7.28. The van der Waals surface area contributed by atoms with Gasteiger partial charge in [-0.3, -0.25) is 19.6 Å². The Balaban J connectivity index is -0.000000101. The molecule has 65 heavy (non-hydrogen) atoms. The van der Waals surface area contributed by atoms with Crippen LogP contribution in [-0.2, 0) is 108 Å². The number of aliphatic hydroxyl groups is 1. The van der Waals surface area contributed by atoms with Crippen molar-refractivity contribution >= 4 is 72.1 Å². The zero-order chi connectivity index (χ0) is 44.8. The minimum Gasteiger partial charge on any atom is -0.481 e. The van der Waals surface area contributed by atoms with Crippen molar-refractivity contribution in [2.24, 2.45) is 5.84 Å².